The van der Waals surface area contributed by atoms with Crippen molar-refractivity contribution in [3.63, 3.8) is 0 Å². The molecule has 0 saturated heterocycles. The molecule has 0 aromatic carbocycles. The number of nitrogens with zero attached hydrogens (tertiary/aromatic N) is 3. The zero-order valence-corrected chi connectivity index (χ0v) is 13.2. The van der Waals surface area contributed by atoms with Gasteiger partial charge in [0.05, 0.1) is 6.04 Å². The van der Waals surface area contributed by atoms with E-state index in [0.29, 0.717) is 5.92 Å². The summed E-state index contributed by atoms with van der Waals surface area (Å²) in [6, 6.07) is 2.12. The van der Waals surface area contributed by atoms with Crippen molar-refractivity contribution < 1.29 is 0 Å². The molecule has 0 aliphatic carbocycles. The van der Waals surface area contributed by atoms with Crippen LogP contribution in [-0.2, 0) is 0 Å². The molecular weight excluding hydrogens is 270 g/mol. The average Bonchev–Trinajstić information content (AvgIpc) is 2.98. The van der Waals surface area contributed by atoms with Crippen LogP contribution in [0.15, 0.2) is 17.6 Å². The van der Waals surface area contributed by atoms with E-state index in [1.54, 1.807) is 11.3 Å². The molecule has 108 valence electrons. The van der Waals surface area contributed by atoms with Crippen molar-refractivity contribution in [3.05, 3.63) is 28.5 Å². The van der Waals surface area contributed by atoms with E-state index in [4.69, 9.17) is 0 Å². The number of anilines is 2. The Morgan fingerprint density at radius 3 is 2.55 bits per heavy atom. The minimum atomic E-state index is 0.189. The Bertz CT molecular complexity index is 539. The van der Waals surface area contributed by atoms with Crippen LogP contribution < -0.4 is 10.6 Å². The van der Waals surface area contributed by atoms with E-state index in [1.165, 1.54) is 0 Å². The van der Waals surface area contributed by atoms with Gasteiger partial charge in [-0.15, -0.1) is 11.3 Å². The maximum Gasteiger partial charge on any atom is 0.135 e. The van der Waals surface area contributed by atoms with Gasteiger partial charge in [-0.25, -0.2) is 15.0 Å². The lowest BCUT2D eigenvalue weighted by molar-refractivity contribution is 0.726. The van der Waals surface area contributed by atoms with Crippen LogP contribution in [0, 0.1) is 0 Å². The largest absolute Gasteiger partial charge is 0.373 e. The number of aromatic nitrogens is 3. The number of hydrogen-bond acceptors (Lipinski definition) is 6. The summed E-state index contributed by atoms with van der Waals surface area (Å²) in [5.41, 5.74) is 0. The van der Waals surface area contributed by atoms with Crippen molar-refractivity contribution in [3.8, 4) is 0 Å². The molecule has 2 aromatic rings. The molecule has 0 aliphatic rings. The molecule has 1 unspecified atom stereocenters. The molecule has 1 atom stereocenters. The first-order chi connectivity index (χ1) is 9.63. The third-order valence-corrected chi connectivity index (χ3v) is 3.89. The van der Waals surface area contributed by atoms with Crippen LogP contribution in [0.5, 0.6) is 0 Å². The third-order valence-electron chi connectivity index (χ3n) is 3.00. The molecule has 2 heterocycles. The molecule has 0 aliphatic heterocycles. The maximum absolute atomic E-state index is 4.59. The fourth-order valence-electron chi connectivity index (χ4n) is 1.85. The zero-order valence-electron chi connectivity index (χ0n) is 12.3. The molecule has 5 nitrogen and oxygen atoms in total. The molecule has 0 spiro atoms. The first-order valence-corrected chi connectivity index (χ1v) is 7.74. The summed E-state index contributed by atoms with van der Waals surface area (Å²) in [6.45, 7) is 6.33. The minimum Gasteiger partial charge on any atom is -0.373 e. The highest BCUT2D eigenvalue weighted by Crippen LogP contribution is 2.25. The molecular formula is C14H21N5S. The molecule has 0 amide bonds. The van der Waals surface area contributed by atoms with E-state index in [1.807, 2.05) is 24.7 Å². The highest BCUT2D eigenvalue weighted by molar-refractivity contribution is 7.09. The normalized spacial score (nSPS) is 12.4. The summed E-state index contributed by atoms with van der Waals surface area (Å²) in [7, 11) is 1.87. The Morgan fingerprint density at radius 2 is 2.00 bits per heavy atom. The van der Waals surface area contributed by atoms with Gasteiger partial charge in [0.25, 0.3) is 0 Å². The van der Waals surface area contributed by atoms with Gasteiger partial charge in [-0.1, -0.05) is 20.8 Å². The predicted octanol–water partition coefficient (Wildman–Crippen LogP) is 3.66. The summed E-state index contributed by atoms with van der Waals surface area (Å²) in [5, 5.41) is 9.63. The molecule has 2 aromatic heterocycles. The molecule has 2 rings (SSSR count). The van der Waals surface area contributed by atoms with Gasteiger partial charge in [0.2, 0.25) is 0 Å². The number of rotatable bonds is 6. The van der Waals surface area contributed by atoms with E-state index in [-0.39, 0.29) is 6.04 Å². The van der Waals surface area contributed by atoms with Crippen molar-refractivity contribution in [2.24, 2.45) is 0 Å². The van der Waals surface area contributed by atoms with Gasteiger partial charge < -0.3 is 10.6 Å². The van der Waals surface area contributed by atoms with Gasteiger partial charge in [-0.3, -0.25) is 0 Å². The lowest BCUT2D eigenvalue weighted by Gasteiger charge is -2.17. The summed E-state index contributed by atoms with van der Waals surface area (Å²) >= 11 is 1.66. The van der Waals surface area contributed by atoms with Crippen LogP contribution in [0.3, 0.4) is 0 Å². The molecule has 0 saturated carbocycles. The van der Waals surface area contributed by atoms with Gasteiger partial charge >= 0.3 is 0 Å². The lowest BCUT2D eigenvalue weighted by Crippen LogP contribution is -2.13. The Kier molecular flexibility index (Phi) is 4.89. The van der Waals surface area contributed by atoms with Gasteiger partial charge in [0.1, 0.15) is 22.5 Å². The highest BCUT2D eigenvalue weighted by Gasteiger charge is 2.14. The molecule has 0 bridgehead atoms. The van der Waals surface area contributed by atoms with Crippen molar-refractivity contribution in [1.82, 2.24) is 15.0 Å². The van der Waals surface area contributed by atoms with E-state index >= 15 is 0 Å². The third kappa shape index (κ3) is 3.45. The van der Waals surface area contributed by atoms with Gasteiger partial charge in [0.15, 0.2) is 0 Å². The standard InChI is InChI=1S/C14H21N5S/c1-5-10(14-16-6-7-20-14)17-12-8-11(15-4)18-13(19-12)9(2)3/h6-10H,5H2,1-4H3,(H2,15,17,18,19). The smallest absolute Gasteiger partial charge is 0.135 e. The first-order valence-electron chi connectivity index (χ1n) is 6.86. The van der Waals surface area contributed by atoms with E-state index < -0.39 is 0 Å². The number of nitrogens with one attached hydrogen (secondary N) is 2. The fraction of sp³-hybridized carbons (Fsp3) is 0.500. The summed E-state index contributed by atoms with van der Waals surface area (Å²) in [5.74, 6) is 2.81. The van der Waals surface area contributed by atoms with Crippen molar-refractivity contribution >= 4 is 23.0 Å². The van der Waals surface area contributed by atoms with Crippen LogP contribution in [0.1, 0.15) is 50.0 Å². The monoisotopic (exact) mass is 291 g/mol. The molecule has 0 radical (unpaired) electrons. The Labute approximate surface area is 123 Å². The second-order valence-electron chi connectivity index (χ2n) is 4.88. The van der Waals surface area contributed by atoms with Gasteiger partial charge in [-0.2, -0.15) is 0 Å². The Morgan fingerprint density at radius 1 is 1.25 bits per heavy atom. The summed E-state index contributed by atoms with van der Waals surface area (Å²) < 4.78 is 0. The summed E-state index contributed by atoms with van der Waals surface area (Å²) in [4.78, 5) is 13.4. The molecule has 20 heavy (non-hydrogen) atoms. The quantitative estimate of drug-likeness (QED) is 0.850. The second kappa shape index (κ2) is 6.65. The van der Waals surface area contributed by atoms with Crippen LogP contribution in [0.25, 0.3) is 0 Å². The SMILES string of the molecule is CCC(Nc1cc(NC)nc(C(C)C)n1)c1nccs1. The minimum absolute atomic E-state index is 0.189. The number of thiazole rings is 1. The van der Waals surface area contributed by atoms with E-state index in [2.05, 4.69) is 46.4 Å². The van der Waals surface area contributed by atoms with Crippen LogP contribution >= 0.6 is 11.3 Å². The fourth-order valence-corrected chi connectivity index (χ4v) is 2.62. The molecule has 2 N–H and O–H groups in total. The van der Waals surface area contributed by atoms with Crippen molar-refractivity contribution in [1.29, 1.82) is 0 Å². The molecule has 6 heteroatoms. The van der Waals surface area contributed by atoms with Crippen LogP contribution in [0.4, 0.5) is 11.6 Å². The van der Waals surface area contributed by atoms with E-state index in [9.17, 15) is 0 Å². The predicted molar refractivity (Wildman–Crippen MR) is 84.4 cm³/mol. The van der Waals surface area contributed by atoms with E-state index in [0.717, 1.165) is 28.9 Å². The zero-order chi connectivity index (χ0) is 14.5. The topological polar surface area (TPSA) is 62.7 Å². The average molecular weight is 291 g/mol. The van der Waals surface area contributed by atoms with Crippen LogP contribution in [0.2, 0.25) is 0 Å². The van der Waals surface area contributed by atoms with Crippen molar-refractivity contribution in [2.75, 3.05) is 17.7 Å². The van der Waals surface area contributed by atoms with Crippen molar-refractivity contribution in [2.45, 2.75) is 39.2 Å². The van der Waals surface area contributed by atoms with Gasteiger partial charge in [0, 0.05) is 30.6 Å². The van der Waals surface area contributed by atoms with Gasteiger partial charge in [-0.05, 0) is 6.42 Å². The Balaban J connectivity index is 2.25. The lowest BCUT2D eigenvalue weighted by atomic mass is 10.2. The second-order valence-corrected chi connectivity index (χ2v) is 5.80. The van der Waals surface area contributed by atoms with Crippen LogP contribution in [-0.4, -0.2) is 22.0 Å². The maximum atomic E-state index is 4.59. The first kappa shape index (κ1) is 14.7. The molecule has 0 fully saturated rings. The summed E-state index contributed by atoms with van der Waals surface area (Å²) in [6.07, 6.45) is 2.80. The highest BCUT2D eigenvalue weighted by atomic mass is 32.1. The number of hydrogen-bond donors (Lipinski definition) is 2. The Hall–Kier alpha value is -1.69.